The summed E-state index contributed by atoms with van der Waals surface area (Å²) in [6.45, 7) is 0. The summed E-state index contributed by atoms with van der Waals surface area (Å²) in [6, 6.07) is 1.15. The standard InChI is InChI=1S/C7H5Br2F2NO/c8-2-3-1-4(13)5(7(10)11)6(9)12-3/h1,7H,2H2,(H,12,13). The van der Waals surface area contributed by atoms with Gasteiger partial charge in [-0.2, -0.15) is 0 Å². The minimum absolute atomic E-state index is 0.0458. The Bertz CT molecular complexity index is 364. The highest BCUT2D eigenvalue weighted by molar-refractivity contribution is 9.10. The summed E-state index contributed by atoms with van der Waals surface area (Å²) in [7, 11) is 0. The highest BCUT2D eigenvalue weighted by atomic mass is 79.9. The highest BCUT2D eigenvalue weighted by Crippen LogP contribution is 2.22. The molecule has 0 amide bonds. The van der Waals surface area contributed by atoms with Crippen LogP contribution in [-0.4, -0.2) is 4.98 Å². The van der Waals surface area contributed by atoms with Crippen molar-refractivity contribution in [2.75, 3.05) is 0 Å². The molecule has 1 heterocycles. The van der Waals surface area contributed by atoms with E-state index in [-0.39, 0.29) is 4.60 Å². The van der Waals surface area contributed by atoms with Gasteiger partial charge in [-0.15, -0.1) is 0 Å². The van der Waals surface area contributed by atoms with Crippen molar-refractivity contribution in [1.29, 1.82) is 0 Å². The van der Waals surface area contributed by atoms with E-state index in [2.05, 4.69) is 36.8 Å². The van der Waals surface area contributed by atoms with Crippen molar-refractivity contribution in [3.05, 3.63) is 32.2 Å². The quantitative estimate of drug-likeness (QED) is 0.660. The summed E-state index contributed by atoms with van der Waals surface area (Å²) in [5, 5.41) is 0.421. The third-order valence-corrected chi connectivity index (χ3v) is 2.67. The first-order chi connectivity index (χ1) is 6.06. The van der Waals surface area contributed by atoms with Crippen LogP contribution in [0.5, 0.6) is 0 Å². The van der Waals surface area contributed by atoms with Gasteiger partial charge < -0.3 is 4.98 Å². The van der Waals surface area contributed by atoms with Crippen LogP contribution >= 0.6 is 31.9 Å². The van der Waals surface area contributed by atoms with E-state index in [9.17, 15) is 13.6 Å². The van der Waals surface area contributed by atoms with Crippen LogP contribution in [0.2, 0.25) is 0 Å². The monoisotopic (exact) mass is 315 g/mol. The van der Waals surface area contributed by atoms with E-state index in [0.717, 1.165) is 6.07 Å². The Morgan fingerprint density at radius 2 is 2.15 bits per heavy atom. The normalized spacial score (nSPS) is 10.8. The molecule has 1 aromatic rings. The number of H-pyrrole nitrogens is 1. The van der Waals surface area contributed by atoms with Gasteiger partial charge in [-0.1, -0.05) is 15.9 Å². The number of hydrogen-bond donors (Lipinski definition) is 1. The molecule has 0 aliphatic heterocycles. The lowest BCUT2D eigenvalue weighted by Crippen LogP contribution is -2.12. The molecule has 1 N–H and O–H groups in total. The van der Waals surface area contributed by atoms with E-state index in [1.54, 1.807) is 0 Å². The SMILES string of the molecule is O=c1cc(CBr)[nH]c(Br)c1C(F)F. The van der Waals surface area contributed by atoms with Crippen LogP contribution in [0, 0.1) is 0 Å². The fourth-order valence-electron chi connectivity index (χ4n) is 0.864. The maximum Gasteiger partial charge on any atom is 0.270 e. The second kappa shape index (κ2) is 4.32. The molecule has 72 valence electrons. The first kappa shape index (κ1) is 10.8. The van der Waals surface area contributed by atoms with Gasteiger partial charge in [0, 0.05) is 17.1 Å². The van der Waals surface area contributed by atoms with Crippen molar-refractivity contribution in [3.63, 3.8) is 0 Å². The van der Waals surface area contributed by atoms with E-state index in [1.165, 1.54) is 0 Å². The first-order valence-electron chi connectivity index (χ1n) is 3.32. The predicted octanol–water partition coefficient (Wildman–Crippen LogP) is 2.97. The van der Waals surface area contributed by atoms with Gasteiger partial charge in [0.2, 0.25) is 0 Å². The molecule has 0 fully saturated rings. The second-order valence-electron chi connectivity index (χ2n) is 2.32. The Morgan fingerprint density at radius 3 is 2.54 bits per heavy atom. The Morgan fingerprint density at radius 1 is 1.54 bits per heavy atom. The maximum absolute atomic E-state index is 12.3. The number of pyridine rings is 1. The lowest BCUT2D eigenvalue weighted by atomic mass is 10.2. The molecule has 0 saturated heterocycles. The molecule has 0 spiro atoms. The zero-order valence-electron chi connectivity index (χ0n) is 6.28. The Labute approximate surface area is 89.6 Å². The van der Waals surface area contributed by atoms with Gasteiger partial charge in [0.1, 0.15) is 0 Å². The lowest BCUT2D eigenvalue weighted by molar-refractivity contribution is 0.148. The van der Waals surface area contributed by atoms with Crippen LogP contribution in [0.25, 0.3) is 0 Å². The smallest absolute Gasteiger partial charge is 0.270 e. The summed E-state index contributed by atoms with van der Waals surface area (Å²) in [5.74, 6) is 0. The van der Waals surface area contributed by atoms with Gasteiger partial charge in [-0.3, -0.25) is 4.79 Å². The zero-order chi connectivity index (χ0) is 10.0. The van der Waals surface area contributed by atoms with Crippen LogP contribution < -0.4 is 5.43 Å². The van der Waals surface area contributed by atoms with Crippen LogP contribution in [0.1, 0.15) is 17.7 Å². The van der Waals surface area contributed by atoms with E-state index >= 15 is 0 Å². The number of rotatable bonds is 2. The fraction of sp³-hybridized carbons (Fsp3) is 0.286. The van der Waals surface area contributed by atoms with Crippen LogP contribution in [0.4, 0.5) is 8.78 Å². The molecule has 0 bridgehead atoms. The topological polar surface area (TPSA) is 32.9 Å². The predicted molar refractivity (Wildman–Crippen MR) is 52.4 cm³/mol. The molecule has 6 heteroatoms. The van der Waals surface area contributed by atoms with Crippen molar-refractivity contribution in [2.45, 2.75) is 11.8 Å². The van der Waals surface area contributed by atoms with Crippen molar-refractivity contribution in [2.24, 2.45) is 0 Å². The summed E-state index contributed by atoms with van der Waals surface area (Å²) in [6.07, 6.45) is -2.76. The van der Waals surface area contributed by atoms with E-state index in [4.69, 9.17) is 0 Å². The molecule has 0 aliphatic rings. The minimum Gasteiger partial charge on any atom is -0.352 e. The maximum atomic E-state index is 12.3. The van der Waals surface area contributed by atoms with E-state index in [0.29, 0.717) is 11.0 Å². The molecule has 2 nitrogen and oxygen atoms in total. The van der Waals surface area contributed by atoms with E-state index < -0.39 is 17.4 Å². The third kappa shape index (κ3) is 2.37. The highest BCUT2D eigenvalue weighted by Gasteiger charge is 2.16. The van der Waals surface area contributed by atoms with Gasteiger partial charge in [-0.25, -0.2) is 8.78 Å². The molecular formula is C7H5Br2F2NO. The van der Waals surface area contributed by atoms with Crippen molar-refractivity contribution in [1.82, 2.24) is 4.98 Å². The van der Waals surface area contributed by atoms with Crippen LogP contribution in [0.3, 0.4) is 0 Å². The minimum atomic E-state index is -2.76. The molecule has 0 aromatic carbocycles. The number of aromatic amines is 1. The summed E-state index contributed by atoms with van der Waals surface area (Å²) in [5.41, 5.74) is -0.624. The second-order valence-corrected chi connectivity index (χ2v) is 3.67. The zero-order valence-corrected chi connectivity index (χ0v) is 9.45. The van der Waals surface area contributed by atoms with Crippen LogP contribution in [-0.2, 0) is 5.33 Å². The number of alkyl halides is 3. The summed E-state index contributed by atoms with van der Waals surface area (Å²) >= 11 is 5.99. The number of halogens is 4. The third-order valence-electron chi connectivity index (χ3n) is 1.44. The average Bonchev–Trinajstić information content (AvgIpc) is 2.02. The Hall–Kier alpha value is -0.230. The van der Waals surface area contributed by atoms with Gasteiger partial charge in [0.25, 0.3) is 6.43 Å². The largest absolute Gasteiger partial charge is 0.352 e. The molecule has 0 radical (unpaired) electrons. The summed E-state index contributed by atoms with van der Waals surface area (Å²) in [4.78, 5) is 13.7. The van der Waals surface area contributed by atoms with Gasteiger partial charge in [-0.05, 0) is 15.9 Å². The van der Waals surface area contributed by atoms with Crippen LogP contribution in [0.15, 0.2) is 15.5 Å². The summed E-state index contributed by atoms with van der Waals surface area (Å²) < 4.78 is 24.6. The van der Waals surface area contributed by atoms with Gasteiger partial charge in [0.05, 0.1) is 10.2 Å². The first-order valence-corrected chi connectivity index (χ1v) is 5.23. The van der Waals surface area contributed by atoms with Crippen molar-refractivity contribution >= 4 is 31.9 Å². The fourth-order valence-corrected chi connectivity index (χ4v) is 1.79. The Kier molecular flexibility index (Phi) is 3.61. The molecule has 0 aliphatic carbocycles. The number of nitrogens with one attached hydrogen (secondary N) is 1. The average molecular weight is 317 g/mol. The van der Waals surface area contributed by atoms with E-state index in [1.807, 2.05) is 0 Å². The molecular weight excluding hydrogens is 312 g/mol. The molecule has 13 heavy (non-hydrogen) atoms. The molecule has 0 saturated carbocycles. The van der Waals surface area contributed by atoms with Crippen molar-refractivity contribution < 1.29 is 8.78 Å². The van der Waals surface area contributed by atoms with Gasteiger partial charge >= 0.3 is 0 Å². The molecule has 0 unspecified atom stereocenters. The molecule has 0 atom stereocenters. The Balaban J connectivity index is 3.32. The number of hydrogen-bond acceptors (Lipinski definition) is 1. The molecule has 1 aromatic heterocycles. The number of aromatic nitrogens is 1. The molecule has 1 rings (SSSR count). The van der Waals surface area contributed by atoms with Gasteiger partial charge in [0.15, 0.2) is 5.43 Å². The lowest BCUT2D eigenvalue weighted by Gasteiger charge is -2.03. The van der Waals surface area contributed by atoms with Crippen molar-refractivity contribution in [3.8, 4) is 0 Å².